The molecular weight excluding hydrogens is 260 g/mol. The van der Waals surface area contributed by atoms with E-state index in [4.69, 9.17) is 0 Å². The molecule has 0 aromatic carbocycles. The summed E-state index contributed by atoms with van der Waals surface area (Å²) in [6.45, 7) is 0. The van der Waals surface area contributed by atoms with Gasteiger partial charge in [-0.05, 0) is 28.1 Å². The molecular formula is C9H5BrN4O. The second kappa shape index (κ2) is 2.90. The van der Waals surface area contributed by atoms with Gasteiger partial charge in [-0.15, -0.1) is 0 Å². The first kappa shape index (κ1) is 8.60. The molecule has 0 bridgehead atoms. The molecule has 0 spiro atoms. The Labute approximate surface area is 92.3 Å². The van der Waals surface area contributed by atoms with Crippen molar-refractivity contribution in [2.45, 2.75) is 0 Å². The van der Waals surface area contributed by atoms with Crippen LogP contribution in [0.25, 0.3) is 22.1 Å². The van der Waals surface area contributed by atoms with E-state index in [1.54, 1.807) is 0 Å². The number of aromatic nitrogens is 4. The third-order valence-corrected chi connectivity index (χ3v) is 2.61. The highest BCUT2D eigenvalue weighted by atomic mass is 79.9. The molecule has 0 fully saturated rings. The molecule has 3 rings (SSSR count). The molecule has 0 atom stereocenters. The summed E-state index contributed by atoms with van der Waals surface area (Å²) in [7, 11) is 0. The second-order valence-corrected chi connectivity index (χ2v) is 3.89. The maximum absolute atomic E-state index is 9.52. The van der Waals surface area contributed by atoms with E-state index in [2.05, 4.69) is 35.9 Å². The normalized spacial score (nSPS) is 11.3. The van der Waals surface area contributed by atoms with Crippen LogP contribution in [0.4, 0.5) is 0 Å². The summed E-state index contributed by atoms with van der Waals surface area (Å²) < 4.78 is 0.731. The Morgan fingerprint density at radius 2 is 2.07 bits per heavy atom. The fraction of sp³-hybridized carbons (Fsp3) is 0. The highest BCUT2D eigenvalue weighted by molar-refractivity contribution is 9.10. The van der Waals surface area contributed by atoms with Gasteiger partial charge in [0.2, 0.25) is 5.88 Å². The van der Waals surface area contributed by atoms with Crippen LogP contribution in [0.15, 0.2) is 23.1 Å². The predicted molar refractivity (Wildman–Crippen MR) is 58.6 cm³/mol. The molecule has 0 radical (unpaired) electrons. The standard InChI is InChI=1S/C9H5BrN4O/c10-5-2-1-4-6(14-5)7-8(13-4)9(15)12-3-11-7/h1-3,13H,(H,11,12,15). The third kappa shape index (κ3) is 1.18. The van der Waals surface area contributed by atoms with Gasteiger partial charge in [-0.3, -0.25) is 0 Å². The summed E-state index contributed by atoms with van der Waals surface area (Å²) in [5, 5.41) is 9.52. The molecule has 0 saturated heterocycles. The topological polar surface area (TPSA) is 74.7 Å². The molecule has 3 aromatic rings. The molecule has 3 aromatic heterocycles. The van der Waals surface area contributed by atoms with Crippen molar-refractivity contribution >= 4 is 38.0 Å². The predicted octanol–water partition coefficient (Wildman–Crippen LogP) is 1.97. The molecule has 0 aliphatic rings. The number of fused-ring (bicyclic) bond motifs is 3. The van der Waals surface area contributed by atoms with Gasteiger partial charge in [0.05, 0.1) is 5.52 Å². The maximum Gasteiger partial charge on any atom is 0.239 e. The zero-order valence-corrected chi connectivity index (χ0v) is 8.98. The van der Waals surface area contributed by atoms with Crippen LogP contribution in [-0.2, 0) is 0 Å². The molecule has 0 saturated carbocycles. The Kier molecular flexibility index (Phi) is 1.66. The Balaban J connectivity index is 2.58. The fourth-order valence-electron chi connectivity index (χ4n) is 1.52. The first-order valence-electron chi connectivity index (χ1n) is 4.23. The van der Waals surface area contributed by atoms with Gasteiger partial charge in [-0.25, -0.2) is 15.0 Å². The zero-order valence-electron chi connectivity index (χ0n) is 7.40. The number of aromatic hydroxyl groups is 1. The number of nitrogens with zero attached hydrogens (tertiary/aromatic N) is 3. The summed E-state index contributed by atoms with van der Waals surface area (Å²) in [6.07, 6.45) is 1.31. The Bertz CT molecular complexity index is 664. The van der Waals surface area contributed by atoms with Gasteiger partial charge < -0.3 is 10.1 Å². The summed E-state index contributed by atoms with van der Waals surface area (Å²) >= 11 is 3.29. The van der Waals surface area contributed by atoms with Crippen LogP contribution in [0.5, 0.6) is 5.88 Å². The Morgan fingerprint density at radius 3 is 2.93 bits per heavy atom. The number of hydrogen-bond donors (Lipinski definition) is 2. The lowest BCUT2D eigenvalue weighted by atomic mass is 10.3. The molecule has 74 valence electrons. The monoisotopic (exact) mass is 264 g/mol. The van der Waals surface area contributed by atoms with Gasteiger partial charge in [0.15, 0.2) is 0 Å². The average molecular weight is 265 g/mol. The van der Waals surface area contributed by atoms with E-state index in [0.717, 1.165) is 15.6 Å². The van der Waals surface area contributed by atoms with Crippen LogP contribution in [0.3, 0.4) is 0 Å². The summed E-state index contributed by atoms with van der Waals surface area (Å²) in [4.78, 5) is 15.1. The molecule has 2 N–H and O–H groups in total. The van der Waals surface area contributed by atoms with Crippen LogP contribution in [-0.4, -0.2) is 25.0 Å². The van der Waals surface area contributed by atoms with E-state index < -0.39 is 0 Å². The quantitative estimate of drug-likeness (QED) is 0.609. The van der Waals surface area contributed by atoms with Crippen molar-refractivity contribution in [3.63, 3.8) is 0 Å². The van der Waals surface area contributed by atoms with Crippen molar-refractivity contribution < 1.29 is 5.11 Å². The molecule has 15 heavy (non-hydrogen) atoms. The van der Waals surface area contributed by atoms with Gasteiger partial charge >= 0.3 is 0 Å². The summed E-state index contributed by atoms with van der Waals surface area (Å²) in [6, 6.07) is 3.69. The minimum Gasteiger partial charge on any atom is -0.492 e. The van der Waals surface area contributed by atoms with Crippen molar-refractivity contribution in [2.75, 3.05) is 0 Å². The number of hydrogen-bond acceptors (Lipinski definition) is 4. The van der Waals surface area contributed by atoms with E-state index in [9.17, 15) is 5.11 Å². The lowest BCUT2D eigenvalue weighted by molar-refractivity contribution is 0.458. The largest absolute Gasteiger partial charge is 0.492 e. The summed E-state index contributed by atoms with van der Waals surface area (Å²) in [5.41, 5.74) is 2.68. The van der Waals surface area contributed by atoms with E-state index in [-0.39, 0.29) is 5.88 Å². The summed E-state index contributed by atoms with van der Waals surface area (Å²) in [5.74, 6) is -0.0610. The number of aromatic amines is 1. The van der Waals surface area contributed by atoms with Crippen LogP contribution < -0.4 is 0 Å². The number of nitrogens with one attached hydrogen (secondary N) is 1. The number of pyridine rings is 1. The first-order valence-corrected chi connectivity index (χ1v) is 5.03. The molecule has 3 heterocycles. The van der Waals surface area contributed by atoms with Crippen molar-refractivity contribution in [3.8, 4) is 5.88 Å². The molecule has 0 amide bonds. The van der Waals surface area contributed by atoms with E-state index in [1.165, 1.54) is 6.33 Å². The lowest BCUT2D eigenvalue weighted by Crippen LogP contribution is -1.80. The fourth-order valence-corrected chi connectivity index (χ4v) is 1.83. The minimum atomic E-state index is -0.0610. The molecule has 0 unspecified atom stereocenters. The SMILES string of the molecule is Oc1ncnc2c1[nH]c1ccc(Br)nc12. The Hall–Kier alpha value is -1.69. The average Bonchev–Trinajstić information content (AvgIpc) is 2.58. The van der Waals surface area contributed by atoms with Crippen LogP contribution in [0.2, 0.25) is 0 Å². The number of halogens is 1. The first-order chi connectivity index (χ1) is 7.25. The highest BCUT2D eigenvalue weighted by Gasteiger charge is 2.10. The number of rotatable bonds is 0. The molecule has 5 nitrogen and oxygen atoms in total. The van der Waals surface area contributed by atoms with E-state index in [1.807, 2.05) is 12.1 Å². The van der Waals surface area contributed by atoms with Gasteiger partial charge in [-0.1, -0.05) is 0 Å². The van der Waals surface area contributed by atoms with Crippen LogP contribution in [0, 0.1) is 0 Å². The molecule has 6 heteroatoms. The van der Waals surface area contributed by atoms with E-state index in [0.29, 0.717) is 11.0 Å². The van der Waals surface area contributed by atoms with Crippen molar-refractivity contribution in [3.05, 3.63) is 23.1 Å². The Morgan fingerprint density at radius 1 is 1.20 bits per heavy atom. The highest BCUT2D eigenvalue weighted by Crippen LogP contribution is 2.27. The third-order valence-electron chi connectivity index (χ3n) is 2.17. The molecule has 0 aliphatic heterocycles. The van der Waals surface area contributed by atoms with Crippen molar-refractivity contribution in [1.29, 1.82) is 0 Å². The number of H-pyrrole nitrogens is 1. The van der Waals surface area contributed by atoms with Gasteiger partial charge in [-0.2, -0.15) is 0 Å². The van der Waals surface area contributed by atoms with Crippen molar-refractivity contribution in [2.24, 2.45) is 0 Å². The van der Waals surface area contributed by atoms with Gasteiger partial charge in [0, 0.05) is 0 Å². The van der Waals surface area contributed by atoms with Crippen LogP contribution >= 0.6 is 15.9 Å². The second-order valence-electron chi connectivity index (χ2n) is 3.08. The van der Waals surface area contributed by atoms with Gasteiger partial charge in [0.25, 0.3) is 0 Å². The molecule has 0 aliphatic carbocycles. The van der Waals surface area contributed by atoms with Gasteiger partial charge in [0.1, 0.15) is 27.5 Å². The minimum absolute atomic E-state index is 0.0610. The van der Waals surface area contributed by atoms with E-state index >= 15 is 0 Å². The van der Waals surface area contributed by atoms with Crippen molar-refractivity contribution in [1.82, 2.24) is 19.9 Å². The zero-order chi connectivity index (χ0) is 10.4. The maximum atomic E-state index is 9.52. The smallest absolute Gasteiger partial charge is 0.239 e. The lowest BCUT2D eigenvalue weighted by Gasteiger charge is -1.91. The van der Waals surface area contributed by atoms with Crippen LogP contribution in [0.1, 0.15) is 0 Å².